The number of hydrogen-bond donors (Lipinski definition) is 2. The third kappa shape index (κ3) is 2.44. The number of rotatable bonds is 3. The van der Waals surface area contributed by atoms with Gasteiger partial charge in [0.2, 0.25) is 6.79 Å². The number of fused-ring (bicyclic) bond motifs is 1. The number of nitrogen functional groups attached to an aromatic ring is 1. The van der Waals surface area contributed by atoms with Gasteiger partial charge in [0.1, 0.15) is 0 Å². The first kappa shape index (κ1) is 13.2. The molecule has 2 heterocycles. The molecule has 5 nitrogen and oxygen atoms in total. The Morgan fingerprint density at radius 1 is 1.40 bits per heavy atom. The number of anilines is 1. The molecular formula is C14H13BrN2O3. The molecule has 1 aliphatic heterocycles. The van der Waals surface area contributed by atoms with Gasteiger partial charge in [-0.05, 0) is 45.3 Å². The lowest BCUT2D eigenvalue weighted by Crippen LogP contribution is -2.05. The summed E-state index contributed by atoms with van der Waals surface area (Å²) in [7, 11) is 0. The molecule has 104 valence electrons. The van der Waals surface area contributed by atoms with Crippen molar-refractivity contribution in [2.24, 2.45) is 0 Å². The average Bonchev–Trinajstić information content (AvgIpc) is 2.90. The van der Waals surface area contributed by atoms with Gasteiger partial charge in [-0.3, -0.25) is 4.98 Å². The van der Waals surface area contributed by atoms with Crippen LogP contribution in [0.3, 0.4) is 0 Å². The molecule has 0 aliphatic carbocycles. The molecule has 0 saturated carbocycles. The van der Waals surface area contributed by atoms with Crippen LogP contribution < -0.4 is 15.2 Å². The average molecular weight is 337 g/mol. The maximum absolute atomic E-state index is 10.4. The van der Waals surface area contributed by atoms with Gasteiger partial charge < -0.3 is 20.3 Å². The third-order valence-corrected chi connectivity index (χ3v) is 3.78. The van der Waals surface area contributed by atoms with E-state index in [0.29, 0.717) is 23.6 Å². The first-order chi connectivity index (χ1) is 9.65. The van der Waals surface area contributed by atoms with E-state index in [1.54, 1.807) is 24.5 Å². The molecule has 2 aromatic rings. The predicted octanol–water partition coefficient (Wildman–Crippen LogP) is 2.43. The first-order valence-electron chi connectivity index (χ1n) is 6.10. The molecule has 0 saturated heterocycles. The van der Waals surface area contributed by atoms with Crippen molar-refractivity contribution in [3.05, 3.63) is 46.2 Å². The largest absolute Gasteiger partial charge is 0.454 e. The normalized spacial score (nSPS) is 14.3. The molecule has 1 aliphatic rings. The zero-order valence-electron chi connectivity index (χ0n) is 10.5. The summed E-state index contributed by atoms with van der Waals surface area (Å²) in [6.45, 7) is 0.197. The molecule has 0 bridgehead atoms. The van der Waals surface area contributed by atoms with Gasteiger partial charge in [0, 0.05) is 24.5 Å². The number of nitrogens with zero attached hydrogens (tertiary/aromatic N) is 1. The van der Waals surface area contributed by atoms with Gasteiger partial charge in [-0.25, -0.2) is 0 Å². The number of aliphatic hydroxyl groups excluding tert-OH is 1. The van der Waals surface area contributed by atoms with Gasteiger partial charge in [0.25, 0.3) is 0 Å². The van der Waals surface area contributed by atoms with Crippen LogP contribution in [0.4, 0.5) is 5.69 Å². The van der Waals surface area contributed by atoms with E-state index in [1.807, 2.05) is 6.07 Å². The van der Waals surface area contributed by atoms with Gasteiger partial charge in [-0.2, -0.15) is 0 Å². The third-order valence-electron chi connectivity index (χ3n) is 3.19. The second-order valence-electron chi connectivity index (χ2n) is 4.53. The summed E-state index contributed by atoms with van der Waals surface area (Å²) < 4.78 is 11.4. The van der Waals surface area contributed by atoms with Crippen LogP contribution in [0.5, 0.6) is 11.5 Å². The van der Waals surface area contributed by atoms with Crippen LogP contribution in [-0.4, -0.2) is 16.9 Å². The second kappa shape index (κ2) is 5.30. The zero-order valence-corrected chi connectivity index (χ0v) is 12.1. The maximum Gasteiger partial charge on any atom is 0.231 e. The Hall–Kier alpha value is -1.79. The van der Waals surface area contributed by atoms with Gasteiger partial charge in [0.15, 0.2) is 11.5 Å². The molecule has 0 fully saturated rings. The fourth-order valence-electron chi connectivity index (χ4n) is 2.11. The van der Waals surface area contributed by atoms with E-state index in [2.05, 4.69) is 20.9 Å². The summed E-state index contributed by atoms with van der Waals surface area (Å²) in [4.78, 5) is 4.02. The van der Waals surface area contributed by atoms with Crippen LogP contribution in [-0.2, 0) is 6.42 Å². The molecular weight excluding hydrogens is 324 g/mol. The second-order valence-corrected chi connectivity index (χ2v) is 5.39. The van der Waals surface area contributed by atoms with Crippen molar-refractivity contribution in [1.29, 1.82) is 0 Å². The van der Waals surface area contributed by atoms with Crippen molar-refractivity contribution < 1.29 is 14.6 Å². The monoisotopic (exact) mass is 336 g/mol. The van der Waals surface area contributed by atoms with E-state index in [4.69, 9.17) is 15.2 Å². The molecule has 0 spiro atoms. The Morgan fingerprint density at radius 2 is 2.25 bits per heavy atom. The summed E-state index contributed by atoms with van der Waals surface area (Å²) in [5, 5.41) is 10.4. The fraction of sp³-hybridized carbons (Fsp3) is 0.214. The van der Waals surface area contributed by atoms with Gasteiger partial charge >= 0.3 is 0 Å². The molecule has 0 amide bonds. The predicted molar refractivity (Wildman–Crippen MR) is 77.6 cm³/mol. The Labute approximate surface area is 124 Å². The quantitative estimate of drug-likeness (QED) is 0.900. The number of aliphatic hydroxyl groups is 1. The Bertz CT molecular complexity index is 648. The molecule has 3 rings (SSSR count). The van der Waals surface area contributed by atoms with Crippen molar-refractivity contribution in [3.63, 3.8) is 0 Å². The van der Waals surface area contributed by atoms with Gasteiger partial charge in [0.05, 0.1) is 10.6 Å². The summed E-state index contributed by atoms with van der Waals surface area (Å²) in [6, 6.07) is 5.33. The summed E-state index contributed by atoms with van der Waals surface area (Å²) in [6.07, 6.45) is 3.00. The Morgan fingerprint density at radius 3 is 3.05 bits per heavy atom. The van der Waals surface area contributed by atoms with Crippen LogP contribution in [0.2, 0.25) is 0 Å². The Kier molecular flexibility index (Phi) is 3.50. The smallest absolute Gasteiger partial charge is 0.231 e. The van der Waals surface area contributed by atoms with Crippen molar-refractivity contribution in [3.8, 4) is 11.5 Å². The summed E-state index contributed by atoms with van der Waals surface area (Å²) >= 11 is 3.41. The van der Waals surface area contributed by atoms with Crippen LogP contribution in [0.1, 0.15) is 17.2 Å². The molecule has 1 aromatic heterocycles. The Balaban J connectivity index is 1.86. The topological polar surface area (TPSA) is 77.6 Å². The van der Waals surface area contributed by atoms with Crippen LogP contribution in [0.15, 0.2) is 35.1 Å². The van der Waals surface area contributed by atoms with E-state index in [1.165, 1.54) is 0 Å². The molecule has 1 atom stereocenters. The van der Waals surface area contributed by atoms with Crippen molar-refractivity contribution in [2.75, 3.05) is 12.5 Å². The minimum Gasteiger partial charge on any atom is -0.454 e. The lowest BCUT2D eigenvalue weighted by atomic mass is 10.0. The van der Waals surface area contributed by atoms with E-state index >= 15 is 0 Å². The van der Waals surface area contributed by atoms with Crippen LogP contribution >= 0.6 is 15.9 Å². The standard InChI is InChI=1S/C14H13BrN2O3/c15-10-3-8(5-13-14(10)20-7-19-13)12(18)4-9-6-17-2-1-11(9)16/h1-3,5-6,12,18H,4,7H2,(H2,16,17). The lowest BCUT2D eigenvalue weighted by molar-refractivity contribution is 0.171. The molecule has 0 radical (unpaired) electrons. The van der Waals surface area contributed by atoms with E-state index in [9.17, 15) is 5.11 Å². The molecule has 20 heavy (non-hydrogen) atoms. The van der Waals surface area contributed by atoms with E-state index in [-0.39, 0.29) is 6.79 Å². The van der Waals surface area contributed by atoms with Gasteiger partial charge in [-0.15, -0.1) is 0 Å². The highest BCUT2D eigenvalue weighted by Crippen LogP contribution is 2.41. The number of halogens is 1. The van der Waals surface area contributed by atoms with E-state index < -0.39 is 6.10 Å². The van der Waals surface area contributed by atoms with E-state index in [0.717, 1.165) is 15.6 Å². The zero-order chi connectivity index (χ0) is 14.1. The number of nitrogens with two attached hydrogens (primary N) is 1. The molecule has 6 heteroatoms. The highest BCUT2D eigenvalue weighted by atomic mass is 79.9. The minimum absolute atomic E-state index is 0.197. The van der Waals surface area contributed by atoms with Crippen molar-refractivity contribution in [2.45, 2.75) is 12.5 Å². The van der Waals surface area contributed by atoms with Crippen LogP contribution in [0, 0.1) is 0 Å². The number of aromatic nitrogens is 1. The number of ether oxygens (including phenoxy) is 2. The lowest BCUT2D eigenvalue weighted by Gasteiger charge is -2.13. The minimum atomic E-state index is -0.688. The fourth-order valence-corrected chi connectivity index (χ4v) is 2.69. The molecule has 1 aromatic carbocycles. The van der Waals surface area contributed by atoms with Crippen LogP contribution in [0.25, 0.3) is 0 Å². The maximum atomic E-state index is 10.4. The molecule has 1 unspecified atom stereocenters. The van der Waals surface area contributed by atoms with Gasteiger partial charge in [-0.1, -0.05) is 0 Å². The first-order valence-corrected chi connectivity index (χ1v) is 6.90. The summed E-state index contributed by atoms with van der Waals surface area (Å²) in [5.41, 5.74) is 8.04. The number of hydrogen-bond acceptors (Lipinski definition) is 5. The summed E-state index contributed by atoms with van der Waals surface area (Å²) in [5.74, 6) is 1.30. The number of benzene rings is 1. The highest BCUT2D eigenvalue weighted by molar-refractivity contribution is 9.10. The van der Waals surface area contributed by atoms with Crippen molar-refractivity contribution >= 4 is 21.6 Å². The number of pyridine rings is 1. The highest BCUT2D eigenvalue weighted by Gasteiger charge is 2.21. The van der Waals surface area contributed by atoms with Crippen molar-refractivity contribution in [1.82, 2.24) is 4.98 Å². The molecule has 3 N–H and O–H groups in total. The SMILES string of the molecule is Nc1ccncc1CC(O)c1cc(Br)c2c(c1)OCO2.